The van der Waals surface area contributed by atoms with Crippen LogP contribution in [0.25, 0.3) is 5.57 Å². The highest BCUT2D eigenvalue weighted by Crippen LogP contribution is 2.27. The Morgan fingerprint density at radius 1 is 1.31 bits per heavy atom. The zero-order chi connectivity index (χ0) is 12.1. The summed E-state index contributed by atoms with van der Waals surface area (Å²) in [5.74, 6) is 0.967. The van der Waals surface area contributed by atoms with Crippen LogP contribution in [0.1, 0.15) is 30.0 Å². The number of allylic oxidation sites excluding steroid dienone is 2. The van der Waals surface area contributed by atoms with Gasteiger partial charge in [-0.1, -0.05) is 22.0 Å². The van der Waals surface area contributed by atoms with Gasteiger partial charge in [0, 0.05) is 5.33 Å². The first-order valence-electron chi connectivity index (χ1n) is 5.48. The van der Waals surface area contributed by atoms with Crippen LogP contribution in [0, 0.1) is 13.8 Å². The predicted molar refractivity (Wildman–Crippen MR) is 74.5 cm³/mol. The van der Waals surface area contributed by atoms with E-state index in [2.05, 4.69) is 54.9 Å². The first-order valence-corrected chi connectivity index (χ1v) is 6.60. The van der Waals surface area contributed by atoms with Gasteiger partial charge in [0.2, 0.25) is 0 Å². The van der Waals surface area contributed by atoms with E-state index < -0.39 is 0 Å². The van der Waals surface area contributed by atoms with E-state index in [0.717, 1.165) is 17.5 Å². The Hall–Kier alpha value is -0.760. The van der Waals surface area contributed by atoms with Crippen molar-refractivity contribution >= 4 is 21.5 Å². The van der Waals surface area contributed by atoms with Gasteiger partial charge in [-0.2, -0.15) is 0 Å². The van der Waals surface area contributed by atoms with Crippen molar-refractivity contribution in [3.05, 3.63) is 34.9 Å². The zero-order valence-electron chi connectivity index (χ0n) is 10.4. The minimum absolute atomic E-state index is 0.967. The summed E-state index contributed by atoms with van der Waals surface area (Å²) in [4.78, 5) is 0. The lowest BCUT2D eigenvalue weighted by Gasteiger charge is -2.11. The molecule has 2 heteroatoms. The van der Waals surface area contributed by atoms with Crippen molar-refractivity contribution in [1.29, 1.82) is 0 Å². The van der Waals surface area contributed by atoms with Crippen LogP contribution >= 0.6 is 15.9 Å². The smallest absolute Gasteiger partial charge is 0.122 e. The summed E-state index contributed by atoms with van der Waals surface area (Å²) in [6.07, 6.45) is 3.33. The molecule has 0 aliphatic heterocycles. The molecule has 0 heterocycles. The molecule has 0 aliphatic carbocycles. The normalized spacial score (nSPS) is 11.7. The topological polar surface area (TPSA) is 9.23 Å². The molecule has 0 saturated carbocycles. The number of hydrogen-bond acceptors (Lipinski definition) is 1. The minimum atomic E-state index is 0.967. The lowest BCUT2D eigenvalue weighted by molar-refractivity contribution is 0.411. The molecule has 0 radical (unpaired) electrons. The van der Waals surface area contributed by atoms with Crippen molar-refractivity contribution in [2.75, 3.05) is 12.4 Å². The summed E-state index contributed by atoms with van der Waals surface area (Å²) in [6, 6.07) is 4.31. The molecule has 0 bridgehead atoms. The third kappa shape index (κ3) is 3.11. The van der Waals surface area contributed by atoms with E-state index in [9.17, 15) is 0 Å². The molecule has 0 aromatic heterocycles. The van der Waals surface area contributed by atoms with Crippen LogP contribution in [-0.4, -0.2) is 12.4 Å². The van der Waals surface area contributed by atoms with E-state index in [-0.39, 0.29) is 0 Å². The van der Waals surface area contributed by atoms with Crippen molar-refractivity contribution < 1.29 is 4.74 Å². The summed E-state index contributed by atoms with van der Waals surface area (Å²) in [5, 5.41) is 1.01. The molecule has 0 spiro atoms. The maximum atomic E-state index is 5.31. The molecular weight excluding hydrogens is 264 g/mol. The lowest BCUT2D eigenvalue weighted by Crippen LogP contribution is -1.93. The number of benzene rings is 1. The second-order valence-corrected chi connectivity index (χ2v) is 4.79. The van der Waals surface area contributed by atoms with Crippen molar-refractivity contribution in [2.45, 2.75) is 27.2 Å². The van der Waals surface area contributed by atoms with Gasteiger partial charge in [0.05, 0.1) is 7.11 Å². The molecule has 0 atom stereocenters. The van der Waals surface area contributed by atoms with Crippen LogP contribution < -0.4 is 4.74 Å². The molecule has 0 fully saturated rings. The highest BCUT2D eigenvalue weighted by atomic mass is 79.9. The highest BCUT2D eigenvalue weighted by molar-refractivity contribution is 9.09. The average molecular weight is 283 g/mol. The van der Waals surface area contributed by atoms with Gasteiger partial charge in [0.1, 0.15) is 5.75 Å². The second-order valence-electron chi connectivity index (χ2n) is 4.00. The largest absolute Gasteiger partial charge is 0.496 e. The quantitative estimate of drug-likeness (QED) is 0.739. The van der Waals surface area contributed by atoms with E-state index in [4.69, 9.17) is 4.74 Å². The number of rotatable bonds is 4. The summed E-state index contributed by atoms with van der Waals surface area (Å²) >= 11 is 3.44. The van der Waals surface area contributed by atoms with E-state index >= 15 is 0 Å². The van der Waals surface area contributed by atoms with Crippen molar-refractivity contribution in [1.82, 2.24) is 0 Å². The van der Waals surface area contributed by atoms with Crippen molar-refractivity contribution in [2.24, 2.45) is 0 Å². The van der Waals surface area contributed by atoms with Gasteiger partial charge in [-0.05, 0) is 61.6 Å². The van der Waals surface area contributed by atoms with Crippen molar-refractivity contribution in [3.8, 4) is 5.75 Å². The summed E-state index contributed by atoms with van der Waals surface area (Å²) in [5.41, 5.74) is 5.11. The molecule has 1 aromatic carbocycles. The summed E-state index contributed by atoms with van der Waals surface area (Å²) in [7, 11) is 1.72. The van der Waals surface area contributed by atoms with E-state index in [0.29, 0.717) is 0 Å². The Bertz CT molecular complexity index is 394. The molecule has 1 nitrogen and oxygen atoms in total. The van der Waals surface area contributed by atoms with E-state index in [1.807, 2.05) is 0 Å². The maximum absolute atomic E-state index is 5.31. The van der Waals surface area contributed by atoms with Crippen LogP contribution in [0.15, 0.2) is 18.2 Å². The number of halogens is 1. The van der Waals surface area contributed by atoms with Gasteiger partial charge in [0.15, 0.2) is 0 Å². The molecule has 1 rings (SSSR count). The maximum Gasteiger partial charge on any atom is 0.122 e. The number of ether oxygens (including phenoxy) is 1. The first kappa shape index (κ1) is 13.3. The van der Waals surface area contributed by atoms with Crippen LogP contribution in [0.2, 0.25) is 0 Å². The second kappa shape index (κ2) is 6.09. The molecule has 88 valence electrons. The number of alkyl halides is 1. The average Bonchev–Trinajstić information content (AvgIpc) is 2.28. The van der Waals surface area contributed by atoms with Crippen LogP contribution in [0.3, 0.4) is 0 Å². The number of aryl methyl sites for hydroxylation is 2. The van der Waals surface area contributed by atoms with E-state index in [1.54, 1.807) is 7.11 Å². The summed E-state index contributed by atoms with van der Waals surface area (Å²) in [6.45, 7) is 6.37. The van der Waals surface area contributed by atoms with Crippen LogP contribution in [-0.2, 0) is 0 Å². The lowest BCUT2D eigenvalue weighted by atomic mass is 9.98. The van der Waals surface area contributed by atoms with Gasteiger partial charge in [-0.3, -0.25) is 0 Å². The first-order chi connectivity index (χ1) is 7.60. The highest BCUT2D eigenvalue weighted by Gasteiger charge is 2.05. The van der Waals surface area contributed by atoms with Gasteiger partial charge in [-0.25, -0.2) is 0 Å². The third-order valence-corrected chi connectivity index (χ3v) is 3.18. The van der Waals surface area contributed by atoms with Gasteiger partial charge >= 0.3 is 0 Å². The molecule has 0 N–H and O–H groups in total. The molecule has 1 aromatic rings. The Morgan fingerprint density at radius 2 is 2.00 bits per heavy atom. The molecule has 0 unspecified atom stereocenters. The van der Waals surface area contributed by atoms with Crippen molar-refractivity contribution in [3.63, 3.8) is 0 Å². The zero-order valence-corrected chi connectivity index (χ0v) is 12.0. The van der Waals surface area contributed by atoms with Crippen LogP contribution in [0.5, 0.6) is 5.75 Å². The Labute approximate surface area is 107 Å². The monoisotopic (exact) mass is 282 g/mol. The Kier molecular flexibility index (Phi) is 5.07. The fourth-order valence-electron chi connectivity index (χ4n) is 1.82. The van der Waals surface area contributed by atoms with Crippen LogP contribution in [0.4, 0.5) is 0 Å². The molecule has 0 saturated heterocycles. The summed E-state index contributed by atoms with van der Waals surface area (Å²) < 4.78 is 5.31. The SMILES string of the molecule is COc1cc(C)c(/C(C)=C/CCBr)cc1C. The minimum Gasteiger partial charge on any atom is -0.496 e. The third-order valence-electron chi connectivity index (χ3n) is 2.73. The standard InChI is InChI=1S/C14H19BrO/c1-10(6-5-7-15)13-8-12(3)14(16-4)9-11(13)2/h6,8-9H,5,7H2,1-4H3/b10-6+. The van der Waals surface area contributed by atoms with Gasteiger partial charge < -0.3 is 4.74 Å². The molecule has 16 heavy (non-hydrogen) atoms. The molecular formula is C14H19BrO. The number of hydrogen-bond donors (Lipinski definition) is 0. The Morgan fingerprint density at radius 3 is 2.56 bits per heavy atom. The number of methoxy groups -OCH3 is 1. The Balaban J connectivity index is 3.10. The fraction of sp³-hybridized carbons (Fsp3) is 0.429. The molecule has 0 aliphatic rings. The van der Waals surface area contributed by atoms with Gasteiger partial charge in [0.25, 0.3) is 0 Å². The predicted octanol–water partition coefficient (Wildman–Crippen LogP) is 4.50. The van der Waals surface area contributed by atoms with Gasteiger partial charge in [-0.15, -0.1) is 0 Å². The fourth-order valence-corrected chi connectivity index (χ4v) is 2.04. The van der Waals surface area contributed by atoms with E-state index in [1.165, 1.54) is 22.3 Å². The molecule has 0 amide bonds.